The Balaban J connectivity index is 1.83. The molecule has 1 heterocycles. The van der Waals surface area contributed by atoms with Gasteiger partial charge in [-0.15, -0.1) is 0 Å². The minimum atomic E-state index is -0.428. The van der Waals surface area contributed by atoms with Gasteiger partial charge in [0.2, 0.25) is 0 Å². The Morgan fingerprint density at radius 2 is 1.76 bits per heavy atom. The van der Waals surface area contributed by atoms with Gasteiger partial charge in [-0.3, -0.25) is 0 Å². The molecule has 0 aromatic heterocycles. The van der Waals surface area contributed by atoms with Crippen LogP contribution in [0.4, 0.5) is 0 Å². The fourth-order valence-corrected chi connectivity index (χ4v) is 4.57. The lowest BCUT2D eigenvalue weighted by Gasteiger charge is -2.39. The standard InChI is InChI=1S/C14H27NOS/c1-11-4-3-5-12(2)13(11)15-10-14(16)6-8-17-9-7-14/h11-13,15-16H,3-10H2,1-2H3. The zero-order chi connectivity index (χ0) is 12.3. The maximum absolute atomic E-state index is 10.5. The van der Waals surface area contributed by atoms with Crippen molar-refractivity contribution in [3.63, 3.8) is 0 Å². The van der Waals surface area contributed by atoms with Crippen LogP contribution in [0.1, 0.15) is 46.0 Å². The molecule has 2 rings (SSSR count). The van der Waals surface area contributed by atoms with E-state index in [2.05, 4.69) is 19.2 Å². The molecule has 2 unspecified atom stereocenters. The van der Waals surface area contributed by atoms with E-state index >= 15 is 0 Å². The highest BCUT2D eigenvalue weighted by molar-refractivity contribution is 7.99. The van der Waals surface area contributed by atoms with E-state index in [1.165, 1.54) is 19.3 Å². The molecule has 2 atom stereocenters. The van der Waals surface area contributed by atoms with Gasteiger partial charge in [-0.1, -0.05) is 20.3 Å². The van der Waals surface area contributed by atoms with Gasteiger partial charge < -0.3 is 10.4 Å². The van der Waals surface area contributed by atoms with Gasteiger partial charge in [-0.25, -0.2) is 0 Å². The normalized spacial score (nSPS) is 37.9. The second-order valence-corrected chi connectivity index (χ2v) is 7.35. The predicted molar refractivity (Wildman–Crippen MR) is 75.5 cm³/mol. The van der Waals surface area contributed by atoms with Crippen molar-refractivity contribution < 1.29 is 5.11 Å². The number of hydrogen-bond acceptors (Lipinski definition) is 3. The van der Waals surface area contributed by atoms with E-state index in [0.29, 0.717) is 6.04 Å². The second kappa shape index (κ2) is 5.94. The first-order valence-electron chi connectivity index (χ1n) is 7.14. The van der Waals surface area contributed by atoms with E-state index < -0.39 is 5.60 Å². The lowest BCUT2D eigenvalue weighted by Crippen LogP contribution is -2.51. The molecule has 0 amide bonds. The van der Waals surface area contributed by atoms with Gasteiger partial charge in [0.05, 0.1) is 5.60 Å². The Morgan fingerprint density at radius 1 is 1.18 bits per heavy atom. The number of aliphatic hydroxyl groups is 1. The van der Waals surface area contributed by atoms with Crippen LogP contribution in [0.3, 0.4) is 0 Å². The Kier molecular flexibility index (Phi) is 4.79. The molecule has 0 spiro atoms. The fourth-order valence-electron chi connectivity index (χ4n) is 3.32. The van der Waals surface area contributed by atoms with E-state index in [1.807, 2.05) is 11.8 Å². The molecule has 2 N–H and O–H groups in total. The van der Waals surface area contributed by atoms with E-state index in [9.17, 15) is 5.11 Å². The average Bonchev–Trinajstić information content (AvgIpc) is 2.29. The Bertz CT molecular complexity index is 230. The molecule has 1 aliphatic carbocycles. The van der Waals surface area contributed by atoms with Crippen LogP contribution in [0, 0.1) is 11.8 Å². The molecule has 1 saturated heterocycles. The Labute approximate surface area is 110 Å². The molecule has 1 aliphatic heterocycles. The Hall–Kier alpha value is 0.270. The molecular weight excluding hydrogens is 230 g/mol. The molecule has 0 aromatic rings. The lowest BCUT2D eigenvalue weighted by atomic mass is 9.78. The van der Waals surface area contributed by atoms with Gasteiger partial charge >= 0.3 is 0 Å². The van der Waals surface area contributed by atoms with Crippen molar-refractivity contribution in [2.75, 3.05) is 18.1 Å². The summed E-state index contributed by atoms with van der Waals surface area (Å²) in [5.74, 6) is 3.77. The van der Waals surface area contributed by atoms with Gasteiger partial charge in [0.25, 0.3) is 0 Å². The summed E-state index contributed by atoms with van der Waals surface area (Å²) in [6, 6.07) is 0.613. The van der Waals surface area contributed by atoms with Crippen LogP contribution in [0.25, 0.3) is 0 Å². The highest BCUT2D eigenvalue weighted by Crippen LogP contribution is 2.31. The van der Waals surface area contributed by atoms with Crippen molar-refractivity contribution in [3.8, 4) is 0 Å². The van der Waals surface area contributed by atoms with Crippen LogP contribution in [0.2, 0.25) is 0 Å². The molecule has 1 saturated carbocycles. The van der Waals surface area contributed by atoms with Gasteiger partial charge in [0.15, 0.2) is 0 Å². The minimum absolute atomic E-state index is 0.428. The third-order valence-electron chi connectivity index (χ3n) is 4.64. The maximum atomic E-state index is 10.5. The second-order valence-electron chi connectivity index (χ2n) is 6.13. The highest BCUT2D eigenvalue weighted by atomic mass is 32.2. The van der Waals surface area contributed by atoms with Crippen molar-refractivity contribution in [1.29, 1.82) is 0 Å². The molecule has 0 aromatic carbocycles. The first-order chi connectivity index (χ1) is 8.11. The zero-order valence-corrected chi connectivity index (χ0v) is 12.1. The van der Waals surface area contributed by atoms with Crippen molar-refractivity contribution in [2.45, 2.75) is 57.6 Å². The van der Waals surface area contributed by atoms with Crippen molar-refractivity contribution in [1.82, 2.24) is 5.32 Å². The zero-order valence-electron chi connectivity index (χ0n) is 11.2. The monoisotopic (exact) mass is 257 g/mol. The third-order valence-corrected chi connectivity index (χ3v) is 5.62. The summed E-state index contributed by atoms with van der Waals surface area (Å²) in [7, 11) is 0. The van der Waals surface area contributed by atoms with E-state index in [-0.39, 0.29) is 0 Å². The van der Waals surface area contributed by atoms with Crippen LogP contribution >= 0.6 is 11.8 Å². The average molecular weight is 257 g/mol. The fraction of sp³-hybridized carbons (Fsp3) is 1.00. The van der Waals surface area contributed by atoms with Crippen molar-refractivity contribution in [3.05, 3.63) is 0 Å². The van der Waals surface area contributed by atoms with E-state index in [0.717, 1.165) is 42.7 Å². The third kappa shape index (κ3) is 3.62. The van der Waals surface area contributed by atoms with Crippen molar-refractivity contribution in [2.24, 2.45) is 11.8 Å². The smallest absolute Gasteiger partial charge is 0.0787 e. The SMILES string of the molecule is CC1CCCC(C)C1NCC1(O)CCSCC1. The molecule has 2 nitrogen and oxygen atoms in total. The van der Waals surface area contributed by atoms with E-state index in [4.69, 9.17) is 0 Å². The molecule has 2 aliphatic rings. The van der Waals surface area contributed by atoms with Crippen LogP contribution in [0.15, 0.2) is 0 Å². The molecule has 3 heteroatoms. The molecule has 2 fully saturated rings. The largest absolute Gasteiger partial charge is 0.389 e. The number of nitrogens with one attached hydrogen (secondary N) is 1. The quantitative estimate of drug-likeness (QED) is 0.815. The molecule has 100 valence electrons. The van der Waals surface area contributed by atoms with Crippen LogP contribution in [-0.2, 0) is 0 Å². The molecular formula is C14H27NOS. The van der Waals surface area contributed by atoms with Crippen LogP contribution in [0.5, 0.6) is 0 Å². The van der Waals surface area contributed by atoms with Crippen LogP contribution in [-0.4, -0.2) is 34.8 Å². The Morgan fingerprint density at radius 3 is 2.35 bits per heavy atom. The van der Waals surface area contributed by atoms with Gasteiger partial charge in [0, 0.05) is 12.6 Å². The highest BCUT2D eigenvalue weighted by Gasteiger charge is 2.33. The summed E-state index contributed by atoms with van der Waals surface area (Å²) >= 11 is 1.97. The van der Waals surface area contributed by atoms with Crippen molar-refractivity contribution >= 4 is 11.8 Å². The number of rotatable bonds is 3. The van der Waals surface area contributed by atoms with Gasteiger partial charge in [-0.05, 0) is 49.0 Å². The predicted octanol–water partition coefficient (Wildman–Crippen LogP) is 2.66. The minimum Gasteiger partial charge on any atom is -0.389 e. The van der Waals surface area contributed by atoms with Gasteiger partial charge in [-0.2, -0.15) is 11.8 Å². The first-order valence-corrected chi connectivity index (χ1v) is 8.30. The summed E-state index contributed by atoms with van der Waals surface area (Å²) in [6.07, 6.45) is 5.98. The molecule has 0 bridgehead atoms. The molecule has 0 radical (unpaired) electrons. The number of thioether (sulfide) groups is 1. The van der Waals surface area contributed by atoms with Crippen LogP contribution < -0.4 is 5.32 Å². The number of hydrogen-bond donors (Lipinski definition) is 2. The maximum Gasteiger partial charge on any atom is 0.0787 e. The summed E-state index contributed by atoms with van der Waals surface area (Å²) in [5.41, 5.74) is -0.428. The topological polar surface area (TPSA) is 32.3 Å². The summed E-state index contributed by atoms with van der Waals surface area (Å²) in [5, 5.41) is 14.2. The summed E-state index contributed by atoms with van der Waals surface area (Å²) < 4.78 is 0. The van der Waals surface area contributed by atoms with E-state index in [1.54, 1.807) is 0 Å². The summed E-state index contributed by atoms with van der Waals surface area (Å²) in [6.45, 7) is 5.51. The lowest BCUT2D eigenvalue weighted by molar-refractivity contribution is 0.0231. The molecule has 17 heavy (non-hydrogen) atoms. The summed E-state index contributed by atoms with van der Waals surface area (Å²) in [4.78, 5) is 0. The first kappa shape index (κ1) is 13.7. The van der Waals surface area contributed by atoms with Gasteiger partial charge in [0.1, 0.15) is 0 Å².